The number of phosphoric ester groups is 2. The Bertz CT molecular complexity index is 1650. The Morgan fingerprint density at radius 3 is 0.733 bits per heavy atom. The Morgan fingerprint density at radius 2 is 0.488 bits per heavy atom. The Labute approximate surface area is 524 Å². The topological polar surface area (TPSA) is 237 Å². The van der Waals surface area contributed by atoms with Crippen molar-refractivity contribution in [2.75, 3.05) is 39.6 Å². The van der Waals surface area contributed by atoms with Crippen LogP contribution in [0.1, 0.15) is 349 Å². The van der Waals surface area contributed by atoms with Gasteiger partial charge in [0.1, 0.15) is 19.3 Å². The normalized spacial score (nSPS) is 14.1. The third-order valence-corrected chi connectivity index (χ3v) is 17.5. The van der Waals surface area contributed by atoms with Crippen LogP contribution in [-0.4, -0.2) is 96.7 Å². The van der Waals surface area contributed by atoms with Gasteiger partial charge in [0, 0.05) is 25.7 Å². The lowest BCUT2D eigenvalue weighted by atomic mass is 10.0. The number of aliphatic hydroxyl groups excluding tert-OH is 1. The van der Waals surface area contributed by atoms with Crippen molar-refractivity contribution in [3.05, 3.63) is 0 Å². The zero-order valence-corrected chi connectivity index (χ0v) is 57.1. The van der Waals surface area contributed by atoms with Gasteiger partial charge in [0.2, 0.25) is 0 Å². The zero-order valence-electron chi connectivity index (χ0n) is 55.3. The van der Waals surface area contributed by atoms with Crippen molar-refractivity contribution in [3.8, 4) is 0 Å². The molecule has 5 atom stereocenters. The predicted octanol–water partition coefficient (Wildman–Crippen LogP) is 19.1. The molecule has 0 aromatic rings. The van der Waals surface area contributed by atoms with Gasteiger partial charge in [0.05, 0.1) is 26.4 Å². The molecule has 0 fully saturated rings. The largest absolute Gasteiger partial charge is 0.472 e. The maximum Gasteiger partial charge on any atom is 0.472 e. The number of esters is 4. The number of ether oxygens (including phenoxy) is 4. The maximum absolute atomic E-state index is 13.0. The first-order chi connectivity index (χ1) is 41.7. The van der Waals surface area contributed by atoms with Gasteiger partial charge in [-0.3, -0.25) is 37.3 Å². The van der Waals surface area contributed by atoms with Gasteiger partial charge in [-0.1, -0.05) is 297 Å². The maximum atomic E-state index is 13.0. The molecule has 0 rings (SSSR count). The number of carbonyl (C=O) groups is 4. The molecule has 86 heavy (non-hydrogen) atoms. The van der Waals surface area contributed by atoms with E-state index >= 15 is 0 Å². The quantitative estimate of drug-likeness (QED) is 0.0222. The summed E-state index contributed by atoms with van der Waals surface area (Å²) in [6.07, 6.45) is 50.2. The van der Waals surface area contributed by atoms with Crippen molar-refractivity contribution in [3.63, 3.8) is 0 Å². The summed E-state index contributed by atoms with van der Waals surface area (Å²) in [5, 5.41) is 10.5. The van der Waals surface area contributed by atoms with Gasteiger partial charge in [-0.25, -0.2) is 9.13 Å². The fraction of sp³-hybridized carbons (Fsp3) is 0.940. The second kappa shape index (κ2) is 61.9. The highest BCUT2D eigenvalue weighted by Crippen LogP contribution is 2.45. The van der Waals surface area contributed by atoms with E-state index in [-0.39, 0.29) is 25.7 Å². The monoisotopic (exact) mass is 1270 g/mol. The molecule has 17 nitrogen and oxygen atoms in total. The van der Waals surface area contributed by atoms with Gasteiger partial charge in [-0.15, -0.1) is 0 Å². The molecular weight excluding hydrogens is 1140 g/mol. The lowest BCUT2D eigenvalue weighted by molar-refractivity contribution is -0.161. The number of aliphatic hydroxyl groups is 1. The highest BCUT2D eigenvalue weighted by Gasteiger charge is 2.30. The number of rotatable bonds is 68. The standard InChI is InChI=1S/C67H130O17P2/c1-5-9-12-15-18-21-24-27-30-33-36-39-42-45-48-52-65(70)78-58-63(84-67(72)54-50-47-44-41-38-35-32-29-26-23-20-17-14-11-7-3)60-82-86(75,76)80-56-61(68)55-79-85(73,74)81-59-62(57-77-64(69)51-8-4)83-66(71)53-49-46-43-40-37-34-31-28-25-22-19-16-13-10-6-2/h61-63,68H,5-60H2,1-4H3,(H,73,74)(H,75,76)/t61-,62+,63+/m0/s1. The molecule has 0 aliphatic heterocycles. The molecule has 0 heterocycles. The molecule has 0 saturated carbocycles. The van der Waals surface area contributed by atoms with Gasteiger partial charge in [-0.2, -0.15) is 0 Å². The lowest BCUT2D eigenvalue weighted by Crippen LogP contribution is -2.30. The van der Waals surface area contributed by atoms with Gasteiger partial charge in [-0.05, 0) is 25.7 Å². The number of phosphoric acid groups is 2. The minimum atomic E-state index is -4.94. The van der Waals surface area contributed by atoms with Crippen LogP contribution in [0.15, 0.2) is 0 Å². The number of unbranched alkanes of at least 4 members (excludes halogenated alkanes) is 42. The molecular formula is C67H130O17P2. The van der Waals surface area contributed by atoms with Crippen LogP contribution in [0.5, 0.6) is 0 Å². The van der Waals surface area contributed by atoms with Crippen molar-refractivity contribution < 1.29 is 80.2 Å². The molecule has 0 saturated heterocycles. The van der Waals surface area contributed by atoms with E-state index < -0.39 is 97.5 Å². The van der Waals surface area contributed by atoms with Gasteiger partial charge < -0.3 is 33.8 Å². The van der Waals surface area contributed by atoms with Crippen LogP contribution in [0.2, 0.25) is 0 Å². The van der Waals surface area contributed by atoms with Crippen LogP contribution >= 0.6 is 15.6 Å². The third-order valence-electron chi connectivity index (χ3n) is 15.6. The zero-order chi connectivity index (χ0) is 63.3. The SMILES string of the molecule is CCCCCCCCCCCCCCCCCC(=O)OC[C@H](COP(=O)(O)OC[C@@H](O)COP(=O)(O)OC[C@@H](COC(=O)CCC)OC(=O)CCCCCCCCCCCCCCCCC)OC(=O)CCCCCCCCCCCCCCCCC. The van der Waals surface area contributed by atoms with Crippen LogP contribution in [0.4, 0.5) is 0 Å². The Hall–Kier alpha value is -1.94. The van der Waals surface area contributed by atoms with E-state index in [4.69, 9.17) is 37.0 Å². The van der Waals surface area contributed by atoms with Crippen molar-refractivity contribution >= 4 is 39.5 Å². The molecule has 0 aliphatic carbocycles. The summed E-state index contributed by atoms with van der Waals surface area (Å²) in [5.41, 5.74) is 0. The molecule has 0 spiro atoms. The first kappa shape index (κ1) is 84.1. The summed E-state index contributed by atoms with van der Waals surface area (Å²) in [6, 6.07) is 0. The summed E-state index contributed by atoms with van der Waals surface area (Å²) >= 11 is 0. The predicted molar refractivity (Wildman–Crippen MR) is 345 cm³/mol. The highest BCUT2D eigenvalue weighted by atomic mass is 31.2. The van der Waals surface area contributed by atoms with Crippen molar-refractivity contribution in [1.82, 2.24) is 0 Å². The highest BCUT2D eigenvalue weighted by molar-refractivity contribution is 7.47. The van der Waals surface area contributed by atoms with E-state index in [2.05, 4.69) is 20.8 Å². The fourth-order valence-corrected chi connectivity index (χ4v) is 11.8. The smallest absolute Gasteiger partial charge is 0.462 e. The van der Waals surface area contributed by atoms with Crippen LogP contribution in [-0.2, 0) is 65.4 Å². The molecule has 0 aromatic heterocycles. The first-order valence-corrected chi connectivity index (χ1v) is 38.3. The first-order valence-electron chi connectivity index (χ1n) is 35.3. The Balaban J connectivity index is 5.00. The van der Waals surface area contributed by atoms with Gasteiger partial charge >= 0.3 is 39.5 Å². The van der Waals surface area contributed by atoms with E-state index in [1.165, 1.54) is 199 Å². The molecule has 0 radical (unpaired) electrons. The second-order valence-corrected chi connectivity index (χ2v) is 27.1. The van der Waals surface area contributed by atoms with E-state index in [9.17, 15) is 43.2 Å². The molecule has 3 N–H and O–H groups in total. The average Bonchev–Trinajstić information content (AvgIpc) is 3.51. The fourth-order valence-electron chi connectivity index (χ4n) is 10.2. The van der Waals surface area contributed by atoms with Gasteiger partial charge in [0.15, 0.2) is 12.2 Å². The van der Waals surface area contributed by atoms with Crippen LogP contribution in [0.3, 0.4) is 0 Å². The summed E-state index contributed by atoms with van der Waals surface area (Å²) in [6.45, 7) is 4.56. The van der Waals surface area contributed by atoms with E-state index in [1.807, 2.05) is 0 Å². The number of hydrogen-bond acceptors (Lipinski definition) is 15. The average molecular weight is 1270 g/mol. The Kier molecular flexibility index (Phi) is 60.5. The van der Waals surface area contributed by atoms with Gasteiger partial charge in [0.25, 0.3) is 0 Å². The summed E-state index contributed by atoms with van der Waals surface area (Å²) < 4.78 is 67.5. The third kappa shape index (κ3) is 60.9. The molecule has 0 aliphatic rings. The van der Waals surface area contributed by atoms with Crippen molar-refractivity contribution in [1.29, 1.82) is 0 Å². The summed E-state index contributed by atoms with van der Waals surface area (Å²) in [7, 11) is -9.87. The van der Waals surface area contributed by atoms with E-state index in [0.717, 1.165) is 70.6 Å². The number of carbonyl (C=O) groups excluding carboxylic acids is 4. The van der Waals surface area contributed by atoms with Crippen molar-refractivity contribution in [2.45, 2.75) is 367 Å². The lowest BCUT2D eigenvalue weighted by Gasteiger charge is -2.21. The number of hydrogen-bond donors (Lipinski definition) is 3. The summed E-state index contributed by atoms with van der Waals surface area (Å²) in [4.78, 5) is 71.5. The van der Waals surface area contributed by atoms with Crippen LogP contribution in [0, 0.1) is 0 Å². The summed E-state index contributed by atoms with van der Waals surface area (Å²) in [5.74, 6) is -2.18. The molecule has 2 unspecified atom stereocenters. The van der Waals surface area contributed by atoms with E-state index in [1.54, 1.807) is 6.92 Å². The van der Waals surface area contributed by atoms with Crippen LogP contribution in [0.25, 0.3) is 0 Å². The minimum Gasteiger partial charge on any atom is -0.462 e. The molecule has 0 bridgehead atoms. The van der Waals surface area contributed by atoms with E-state index in [0.29, 0.717) is 25.7 Å². The molecule has 19 heteroatoms. The second-order valence-electron chi connectivity index (χ2n) is 24.2. The minimum absolute atomic E-state index is 0.105. The van der Waals surface area contributed by atoms with Crippen LogP contribution < -0.4 is 0 Å². The Morgan fingerprint density at radius 1 is 0.279 bits per heavy atom. The van der Waals surface area contributed by atoms with Crippen molar-refractivity contribution in [2.24, 2.45) is 0 Å². The molecule has 0 amide bonds. The molecule has 510 valence electrons. The molecule has 0 aromatic carbocycles.